The van der Waals surface area contributed by atoms with E-state index in [1.807, 2.05) is 6.07 Å². The van der Waals surface area contributed by atoms with Gasteiger partial charge in [-0.2, -0.15) is 0 Å². The Morgan fingerprint density at radius 2 is 1.39 bits per heavy atom. The summed E-state index contributed by atoms with van der Waals surface area (Å²) in [5, 5.41) is 0. The molecular weight excluding hydrogens is 608 g/mol. The molecule has 2 aliphatic heterocycles. The Hall–Kier alpha value is -3.55. The van der Waals surface area contributed by atoms with Gasteiger partial charge in [-0.1, -0.05) is 38.3 Å². The maximum absolute atomic E-state index is 6.65. The van der Waals surface area contributed by atoms with Crippen molar-refractivity contribution < 1.29 is 14.2 Å². The van der Waals surface area contributed by atoms with Crippen LogP contribution in [0.1, 0.15) is 95.5 Å². The minimum Gasteiger partial charge on any atom is -0.493 e. The lowest BCUT2D eigenvalue weighted by Crippen LogP contribution is -2.26. The number of imidazole rings is 1. The predicted octanol–water partition coefficient (Wildman–Crippen LogP) is 9.68. The van der Waals surface area contributed by atoms with Crippen LogP contribution >= 0.6 is 0 Å². The smallest absolute Gasteiger partial charge is 0.144 e. The summed E-state index contributed by atoms with van der Waals surface area (Å²) in [7, 11) is 4.47. The quantitative estimate of drug-likeness (QED) is 0.126. The third-order valence-corrected chi connectivity index (χ3v) is 11.4. The number of benzene rings is 3. The van der Waals surface area contributed by atoms with Gasteiger partial charge in [0.15, 0.2) is 0 Å². The number of likely N-dealkylation sites (tertiary alicyclic amines) is 2. The van der Waals surface area contributed by atoms with Crippen molar-refractivity contribution in [2.75, 3.05) is 40.4 Å². The van der Waals surface area contributed by atoms with Crippen LogP contribution in [0.4, 0.5) is 0 Å². The van der Waals surface area contributed by atoms with Crippen molar-refractivity contribution in [3.05, 3.63) is 66.2 Å². The van der Waals surface area contributed by atoms with E-state index >= 15 is 0 Å². The fourth-order valence-corrected chi connectivity index (χ4v) is 8.32. The Morgan fingerprint density at radius 3 is 2.06 bits per heavy atom. The van der Waals surface area contributed by atoms with Crippen molar-refractivity contribution in [2.24, 2.45) is 0 Å². The molecule has 3 aromatic carbocycles. The molecule has 7 nitrogen and oxygen atoms in total. The van der Waals surface area contributed by atoms with Crippen LogP contribution in [0.2, 0.25) is 0 Å². The highest BCUT2D eigenvalue weighted by atomic mass is 16.5. The molecule has 3 fully saturated rings. The second-order valence-corrected chi connectivity index (χ2v) is 14.7. The summed E-state index contributed by atoms with van der Waals surface area (Å²) in [5.74, 6) is 5.06. The van der Waals surface area contributed by atoms with Gasteiger partial charge in [-0.3, -0.25) is 0 Å². The fraction of sp³-hybridized carbons (Fsp3) is 0.548. The Balaban J connectivity index is 1.15. The first-order valence-electron chi connectivity index (χ1n) is 19.1. The van der Waals surface area contributed by atoms with Crippen molar-refractivity contribution in [1.82, 2.24) is 19.4 Å². The van der Waals surface area contributed by atoms with Gasteiger partial charge in [0, 0.05) is 30.8 Å². The average Bonchev–Trinajstić information content (AvgIpc) is 3.94. The largest absolute Gasteiger partial charge is 0.493 e. The molecule has 2 saturated heterocycles. The zero-order valence-electron chi connectivity index (χ0n) is 30.0. The van der Waals surface area contributed by atoms with Crippen molar-refractivity contribution in [3.8, 4) is 34.4 Å². The lowest BCUT2D eigenvalue weighted by atomic mass is 9.98. The third kappa shape index (κ3) is 8.10. The Morgan fingerprint density at radius 1 is 0.714 bits per heavy atom. The molecule has 7 heteroatoms. The number of nitrogens with zero attached hydrogens (tertiary/aromatic N) is 4. The van der Waals surface area contributed by atoms with Gasteiger partial charge < -0.3 is 28.6 Å². The van der Waals surface area contributed by atoms with E-state index < -0.39 is 0 Å². The SMILES string of the molecule is CCCCn1c(-c2ccc(OCCC3CCCN3C)cc2OCCC2CCCN2C)nc2ccc(Oc3ccc(C4CCCC4)cc3)cc21. The van der Waals surface area contributed by atoms with Gasteiger partial charge in [-0.15, -0.1) is 0 Å². The van der Waals surface area contributed by atoms with Gasteiger partial charge in [-0.25, -0.2) is 4.98 Å². The van der Waals surface area contributed by atoms with Crippen LogP contribution in [0.3, 0.4) is 0 Å². The summed E-state index contributed by atoms with van der Waals surface area (Å²) in [6.07, 6.45) is 14.6. The molecule has 7 rings (SSSR count). The fourth-order valence-electron chi connectivity index (χ4n) is 8.32. The van der Waals surface area contributed by atoms with Gasteiger partial charge in [-0.05, 0) is 133 Å². The summed E-state index contributed by atoms with van der Waals surface area (Å²) < 4.78 is 21.8. The lowest BCUT2D eigenvalue weighted by Gasteiger charge is -2.21. The molecule has 1 saturated carbocycles. The molecule has 2 unspecified atom stereocenters. The van der Waals surface area contributed by atoms with Gasteiger partial charge in [0.2, 0.25) is 0 Å². The summed E-state index contributed by atoms with van der Waals surface area (Å²) in [5.41, 5.74) is 4.51. The van der Waals surface area contributed by atoms with Gasteiger partial charge >= 0.3 is 0 Å². The van der Waals surface area contributed by atoms with Crippen LogP contribution in [-0.2, 0) is 6.54 Å². The van der Waals surface area contributed by atoms with E-state index in [1.54, 1.807) is 0 Å². The Bertz CT molecular complexity index is 1660. The van der Waals surface area contributed by atoms with Crippen molar-refractivity contribution >= 4 is 11.0 Å². The minimum atomic E-state index is 0.581. The predicted molar refractivity (Wildman–Crippen MR) is 199 cm³/mol. The van der Waals surface area contributed by atoms with E-state index in [9.17, 15) is 0 Å². The summed E-state index contributed by atoms with van der Waals surface area (Å²) in [6, 6.07) is 22.6. The monoisotopic (exact) mass is 664 g/mol. The molecule has 0 N–H and O–H groups in total. The Labute approximate surface area is 293 Å². The average molecular weight is 665 g/mol. The second-order valence-electron chi connectivity index (χ2n) is 14.7. The molecule has 262 valence electrons. The normalized spacial score (nSPS) is 20.5. The number of rotatable bonds is 15. The zero-order chi connectivity index (χ0) is 33.6. The summed E-state index contributed by atoms with van der Waals surface area (Å²) in [6.45, 7) is 6.86. The highest BCUT2D eigenvalue weighted by molar-refractivity contribution is 5.83. The van der Waals surface area contributed by atoms with Crippen molar-refractivity contribution in [2.45, 2.75) is 109 Å². The molecule has 49 heavy (non-hydrogen) atoms. The molecule has 0 amide bonds. The molecule has 1 aromatic heterocycles. The molecule has 4 aromatic rings. The molecule has 1 aliphatic carbocycles. The first kappa shape index (κ1) is 33.9. The minimum absolute atomic E-state index is 0.581. The van der Waals surface area contributed by atoms with Crippen LogP contribution < -0.4 is 14.2 Å². The first-order valence-corrected chi connectivity index (χ1v) is 19.1. The third-order valence-electron chi connectivity index (χ3n) is 11.4. The molecule has 3 aliphatic rings. The van der Waals surface area contributed by atoms with Crippen molar-refractivity contribution in [3.63, 3.8) is 0 Å². The first-order chi connectivity index (χ1) is 24.1. The number of aromatic nitrogens is 2. The number of unbranched alkanes of at least 4 members (excludes halogenated alkanes) is 1. The van der Waals surface area contributed by atoms with Crippen LogP contribution in [0, 0.1) is 0 Å². The molecule has 3 heterocycles. The maximum atomic E-state index is 6.65. The topological polar surface area (TPSA) is 52.0 Å². The highest BCUT2D eigenvalue weighted by Crippen LogP contribution is 2.38. The van der Waals surface area contributed by atoms with Gasteiger partial charge in [0.25, 0.3) is 0 Å². The lowest BCUT2D eigenvalue weighted by molar-refractivity contribution is 0.227. The van der Waals surface area contributed by atoms with E-state index in [4.69, 9.17) is 19.2 Å². The van der Waals surface area contributed by atoms with Crippen LogP contribution in [0.15, 0.2) is 60.7 Å². The number of aryl methyl sites for hydroxylation is 1. The maximum Gasteiger partial charge on any atom is 0.144 e. The van der Waals surface area contributed by atoms with Gasteiger partial charge in [0.1, 0.15) is 28.8 Å². The van der Waals surface area contributed by atoms with Crippen molar-refractivity contribution in [1.29, 1.82) is 0 Å². The number of hydrogen-bond donors (Lipinski definition) is 0. The summed E-state index contributed by atoms with van der Waals surface area (Å²) in [4.78, 5) is 10.2. The van der Waals surface area contributed by atoms with E-state index in [2.05, 4.69) is 90.0 Å². The van der Waals surface area contributed by atoms with Crippen LogP contribution in [0.5, 0.6) is 23.0 Å². The highest BCUT2D eigenvalue weighted by Gasteiger charge is 2.23. The van der Waals surface area contributed by atoms with E-state index in [0.717, 1.165) is 77.6 Å². The summed E-state index contributed by atoms with van der Waals surface area (Å²) >= 11 is 0. The standard InChI is InChI=1S/C42H56N4O3/c1-4-5-26-46-40-29-37(49-35-16-14-32(15-17-35)31-10-6-7-11-31)19-21-39(40)43-42(46)38-20-18-36(47-27-22-33-12-8-24-44(33)2)30-41(38)48-28-23-34-13-9-25-45(34)3/h14-21,29-31,33-34H,4-13,22-28H2,1-3H3. The number of ether oxygens (including phenoxy) is 3. The molecule has 0 spiro atoms. The van der Waals surface area contributed by atoms with E-state index in [-0.39, 0.29) is 0 Å². The number of hydrogen-bond acceptors (Lipinski definition) is 6. The van der Waals surface area contributed by atoms with Crippen LogP contribution in [-0.4, -0.2) is 71.8 Å². The second kappa shape index (κ2) is 16.0. The van der Waals surface area contributed by atoms with Crippen LogP contribution in [0.25, 0.3) is 22.4 Å². The van der Waals surface area contributed by atoms with E-state index in [0.29, 0.717) is 31.2 Å². The Kier molecular flexibility index (Phi) is 11.1. The zero-order valence-corrected chi connectivity index (χ0v) is 30.0. The molecule has 2 atom stereocenters. The van der Waals surface area contributed by atoms with E-state index in [1.165, 1.54) is 70.0 Å². The van der Waals surface area contributed by atoms with Gasteiger partial charge in [0.05, 0.1) is 29.8 Å². The molecule has 0 radical (unpaired) electrons. The number of fused-ring (bicyclic) bond motifs is 1. The molecule has 0 bridgehead atoms. The molecular formula is C42H56N4O3.